The minimum atomic E-state index is -3.23. The number of hydrogen-bond donors (Lipinski definition) is 0. The molecule has 0 atom stereocenters. The first-order chi connectivity index (χ1) is 14.5. The van der Waals surface area contributed by atoms with Crippen LogP contribution < -0.4 is 14.2 Å². The van der Waals surface area contributed by atoms with Gasteiger partial charge in [0.1, 0.15) is 22.8 Å². The van der Waals surface area contributed by atoms with Gasteiger partial charge in [0.05, 0.1) is 31.1 Å². The Hall–Kier alpha value is -3.06. The Bertz CT molecular complexity index is 1170. The average molecular weight is 443 g/mol. The molecule has 2 aromatic rings. The quantitative estimate of drug-likeness (QED) is 0.469. The van der Waals surface area contributed by atoms with Crippen LogP contribution in [0.5, 0.6) is 17.2 Å². The van der Waals surface area contributed by atoms with E-state index in [0.717, 1.165) is 5.56 Å². The molecule has 6 nitrogen and oxygen atoms in total. The fourth-order valence-corrected chi connectivity index (χ4v) is 4.15. The van der Waals surface area contributed by atoms with Crippen molar-refractivity contribution in [3.63, 3.8) is 0 Å². The number of hydrogen-bond acceptors (Lipinski definition) is 6. The van der Waals surface area contributed by atoms with Gasteiger partial charge in [-0.3, -0.25) is 4.79 Å². The highest BCUT2D eigenvalue weighted by atomic mass is 32.2. The van der Waals surface area contributed by atoms with Gasteiger partial charge in [0.2, 0.25) is 0 Å². The summed E-state index contributed by atoms with van der Waals surface area (Å²) in [4.78, 5) is 13.0. The van der Waals surface area contributed by atoms with Crippen LogP contribution in [0, 0.1) is 0 Å². The Kier molecular flexibility index (Phi) is 6.27. The van der Waals surface area contributed by atoms with Gasteiger partial charge in [-0.2, -0.15) is 0 Å². The molecule has 0 saturated heterocycles. The third kappa shape index (κ3) is 5.35. The SMILES string of the molecule is COc1ccc(/C=C/C(=O)c2ccc(OC)c3c2OC(C)(C)C=C3)cc1CS(C)(=O)=O. The molecule has 1 heterocycles. The van der Waals surface area contributed by atoms with Crippen LogP contribution in [0.15, 0.2) is 42.5 Å². The summed E-state index contributed by atoms with van der Waals surface area (Å²) < 4.78 is 40.1. The van der Waals surface area contributed by atoms with Crippen LogP contribution in [-0.4, -0.2) is 40.3 Å². The van der Waals surface area contributed by atoms with Gasteiger partial charge in [0.15, 0.2) is 15.6 Å². The molecule has 1 aliphatic rings. The normalized spacial score (nSPS) is 14.7. The third-order valence-electron chi connectivity index (χ3n) is 4.81. The lowest BCUT2D eigenvalue weighted by Gasteiger charge is -2.29. The largest absolute Gasteiger partial charge is 0.496 e. The summed E-state index contributed by atoms with van der Waals surface area (Å²) in [5.74, 6) is 1.22. The smallest absolute Gasteiger partial charge is 0.189 e. The maximum absolute atomic E-state index is 13.0. The van der Waals surface area contributed by atoms with Crippen molar-refractivity contribution in [2.45, 2.75) is 25.2 Å². The van der Waals surface area contributed by atoms with E-state index < -0.39 is 15.4 Å². The number of allylic oxidation sites excluding steroid dienone is 1. The molecular weight excluding hydrogens is 416 g/mol. The van der Waals surface area contributed by atoms with Crippen LogP contribution in [0.1, 0.15) is 40.9 Å². The first-order valence-electron chi connectivity index (χ1n) is 9.69. The van der Waals surface area contributed by atoms with Gasteiger partial charge >= 0.3 is 0 Å². The van der Waals surface area contributed by atoms with Gasteiger partial charge < -0.3 is 14.2 Å². The molecule has 0 saturated carbocycles. The Labute approximate surface area is 183 Å². The zero-order chi connectivity index (χ0) is 22.8. The van der Waals surface area contributed by atoms with Crippen molar-refractivity contribution in [3.8, 4) is 17.2 Å². The van der Waals surface area contributed by atoms with Gasteiger partial charge in [-0.15, -0.1) is 0 Å². The first kappa shape index (κ1) is 22.6. The molecule has 31 heavy (non-hydrogen) atoms. The summed E-state index contributed by atoms with van der Waals surface area (Å²) in [5, 5.41) is 0. The second kappa shape index (κ2) is 8.59. The molecule has 0 unspecified atom stereocenters. The Morgan fingerprint density at radius 2 is 1.77 bits per heavy atom. The van der Waals surface area contributed by atoms with Gasteiger partial charge in [0, 0.05) is 11.8 Å². The number of carbonyl (C=O) groups is 1. The molecule has 0 spiro atoms. The van der Waals surface area contributed by atoms with E-state index in [2.05, 4.69) is 0 Å². The maximum Gasteiger partial charge on any atom is 0.189 e. The van der Waals surface area contributed by atoms with E-state index in [0.29, 0.717) is 33.9 Å². The standard InChI is InChI=1S/C24H26O6S/c1-24(2)13-12-19-22(29-4)11-8-18(23(19)30-24)20(25)9-6-16-7-10-21(28-3)17(14-16)15-31(5,26)27/h6-14H,15H2,1-5H3/b9-6+. The lowest BCUT2D eigenvalue weighted by atomic mass is 9.97. The van der Waals surface area contributed by atoms with Crippen molar-refractivity contribution < 1.29 is 27.4 Å². The number of methoxy groups -OCH3 is 2. The van der Waals surface area contributed by atoms with Crippen molar-refractivity contribution in [2.24, 2.45) is 0 Å². The van der Waals surface area contributed by atoms with Crippen LogP contribution >= 0.6 is 0 Å². The molecule has 0 aromatic heterocycles. The van der Waals surface area contributed by atoms with E-state index in [4.69, 9.17) is 14.2 Å². The van der Waals surface area contributed by atoms with Crippen LogP contribution in [0.4, 0.5) is 0 Å². The van der Waals surface area contributed by atoms with Gasteiger partial charge in [-0.25, -0.2) is 8.42 Å². The van der Waals surface area contributed by atoms with Crippen molar-refractivity contribution in [1.29, 1.82) is 0 Å². The molecule has 7 heteroatoms. The van der Waals surface area contributed by atoms with Crippen molar-refractivity contribution in [1.82, 2.24) is 0 Å². The minimum absolute atomic E-state index is 0.146. The Morgan fingerprint density at radius 1 is 1.10 bits per heavy atom. The second-order valence-corrected chi connectivity index (χ2v) is 10.1. The fourth-order valence-electron chi connectivity index (χ4n) is 3.36. The van der Waals surface area contributed by atoms with Crippen molar-refractivity contribution in [2.75, 3.05) is 20.5 Å². The predicted molar refractivity (Wildman–Crippen MR) is 122 cm³/mol. The highest BCUT2D eigenvalue weighted by molar-refractivity contribution is 7.89. The molecule has 0 aliphatic carbocycles. The lowest BCUT2D eigenvalue weighted by Crippen LogP contribution is -2.28. The number of rotatable bonds is 7. The van der Waals surface area contributed by atoms with E-state index in [1.165, 1.54) is 19.4 Å². The number of fused-ring (bicyclic) bond motifs is 1. The molecule has 0 bridgehead atoms. The van der Waals surface area contributed by atoms with Crippen LogP contribution in [0.3, 0.4) is 0 Å². The molecule has 3 rings (SSSR count). The highest BCUT2D eigenvalue weighted by Gasteiger charge is 2.27. The molecule has 0 fully saturated rings. The van der Waals surface area contributed by atoms with Crippen LogP contribution in [-0.2, 0) is 15.6 Å². The molecule has 1 aliphatic heterocycles. The summed E-state index contributed by atoms with van der Waals surface area (Å²) in [6.45, 7) is 3.83. The molecule has 0 radical (unpaired) electrons. The predicted octanol–water partition coefficient (Wildman–Crippen LogP) is 4.33. The van der Waals surface area contributed by atoms with E-state index in [-0.39, 0.29) is 11.5 Å². The van der Waals surface area contributed by atoms with Crippen LogP contribution in [0.2, 0.25) is 0 Å². The Balaban J connectivity index is 1.94. The van der Waals surface area contributed by atoms with Gasteiger partial charge in [0.25, 0.3) is 0 Å². The maximum atomic E-state index is 13.0. The van der Waals surface area contributed by atoms with E-state index >= 15 is 0 Å². The fraction of sp³-hybridized carbons (Fsp3) is 0.292. The number of ketones is 1. The lowest BCUT2D eigenvalue weighted by molar-refractivity contribution is 0.103. The monoisotopic (exact) mass is 442 g/mol. The first-order valence-corrected chi connectivity index (χ1v) is 11.8. The molecule has 164 valence electrons. The van der Waals surface area contributed by atoms with Crippen molar-refractivity contribution in [3.05, 3.63) is 64.7 Å². The van der Waals surface area contributed by atoms with Crippen molar-refractivity contribution >= 4 is 27.8 Å². The Morgan fingerprint density at radius 3 is 2.42 bits per heavy atom. The van der Waals surface area contributed by atoms with Gasteiger partial charge in [-0.05, 0) is 61.9 Å². The second-order valence-electron chi connectivity index (χ2n) is 7.94. The average Bonchev–Trinajstić information content (AvgIpc) is 2.69. The number of sulfone groups is 1. The minimum Gasteiger partial charge on any atom is -0.496 e. The van der Waals surface area contributed by atoms with E-state index in [1.54, 1.807) is 43.5 Å². The summed E-state index contributed by atoms with van der Waals surface area (Å²) in [5.41, 5.74) is 1.83. The summed E-state index contributed by atoms with van der Waals surface area (Å²) in [6.07, 6.45) is 8.08. The number of ether oxygens (including phenoxy) is 3. The van der Waals surface area contributed by atoms with E-state index in [9.17, 15) is 13.2 Å². The molecule has 0 N–H and O–H groups in total. The molecule has 2 aromatic carbocycles. The summed E-state index contributed by atoms with van der Waals surface area (Å²) in [6, 6.07) is 8.58. The number of carbonyl (C=O) groups excluding carboxylic acids is 1. The zero-order valence-corrected chi connectivity index (χ0v) is 19.1. The molecule has 0 amide bonds. The number of benzene rings is 2. The zero-order valence-electron chi connectivity index (χ0n) is 18.3. The molecular formula is C24H26O6S. The summed E-state index contributed by atoms with van der Waals surface area (Å²) >= 11 is 0. The third-order valence-corrected chi connectivity index (χ3v) is 5.64. The highest BCUT2D eigenvalue weighted by Crippen LogP contribution is 2.40. The van der Waals surface area contributed by atoms with E-state index in [1.807, 2.05) is 26.0 Å². The summed E-state index contributed by atoms with van der Waals surface area (Å²) in [7, 11) is -0.174. The van der Waals surface area contributed by atoms with Crippen LogP contribution in [0.25, 0.3) is 12.2 Å². The van der Waals surface area contributed by atoms with Gasteiger partial charge in [-0.1, -0.05) is 12.1 Å². The topological polar surface area (TPSA) is 78.9 Å².